The fraction of sp³-hybridized carbons (Fsp3) is 0.522. The Kier molecular flexibility index (Phi) is 9.20. The van der Waals surface area contributed by atoms with Crippen molar-refractivity contribution in [1.82, 2.24) is 5.32 Å². The highest BCUT2D eigenvalue weighted by Crippen LogP contribution is 2.32. The zero-order valence-electron chi connectivity index (χ0n) is 16.9. The molecule has 1 amide bonds. The molecule has 1 aromatic rings. The van der Waals surface area contributed by atoms with Gasteiger partial charge < -0.3 is 11.1 Å². The summed E-state index contributed by atoms with van der Waals surface area (Å²) in [5, 5.41) is 3.87. The highest BCUT2D eigenvalue weighted by molar-refractivity contribution is 6.31. The van der Waals surface area contributed by atoms with Gasteiger partial charge >= 0.3 is 0 Å². The standard InChI is InChI=1S/C23H32ClFN2O/c1-3-4-11-21(27-16(2)14-22(26)28)18-12-13-20(24)19(23(18)25)15-17-9-7-5-6-8-10-17/h5-7,9,12-13,16-17,21,27H,3-4,8,10-11,14-15H2,1-2H3,(H2,26,28)/t16?,17?,21-/m1/s1. The lowest BCUT2D eigenvalue weighted by Crippen LogP contribution is -2.34. The van der Waals surface area contributed by atoms with Gasteiger partial charge in [0.2, 0.25) is 5.91 Å². The number of carbonyl (C=O) groups is 1. The Morgan fingerprint density at radius 2 is 2.18 bits per heavy atom. The zero-order valence-corrected chi connectivity index (χ0v) is 17.6. The molecule has 0 aliphatic heterocycles. The average Bonchev–Trinajstić information content (AvgIpc) is 2.90. The maximum atomic E-state index is 15.5. The van der Waals surface area contributed by atoms with E-state index in [-0.39, 0.29) is 36.1 Å². The molecule has 1 aromatic carbocycles. The Hall–Kier alpha value is -1.65. The van der Waals surface area contributed by atoms with Crippen LogP contribution in [0.5, 0.6) is 0 Å². The lowest BCUT2D eigenvalue weighted by molar-refractivity contribution is -0.118. The van der Waals surface area contributed by atoms with Gasteiger partial charge in [0, 0.05) is 34.7 Å². The minimum Gasteiger partial charge on any atom is -0.370 e. The third kappa shape index (κ3) is 6.75. The number of rotatable bonds is 10. The summed E-state index contributed by atoms with van der Waals surface area (Å²) in [5.74, 6) is -0.314. The lowest BCUT2D eigenvalue weighted by atomic mass is 9.91. The number of hydrogen-bond acceptors (Lipinski definition) is 2. The van der Waals surface area contributed by atoms with Crippen molar-refractivity contribution in [2.75, 3.05) is 0 Å². The van der Waals surface area contributed by atoms with Gasteiger partial charge in [-0.1, -0.05) is 61.7 Å². The molecular formula is C23H32ClFN2O. The third-order valence-electron chi connectivity index (χ3n) is 5.23. The van der Waals surface area contributed by atoms with Crippen molar-refractivity contribution < 1.29 is 9.18 Å². The second kappa shape index (κ2) is 11.4. The molecule has 0 spiro atoms. The van der Waals surface area contributed by atoms with Crippen LogP contribution in [-0.2, 0) is 11.2 Å². The molecule has 0 saturated heterocycles. The number of nitrogens with two attached hydrogens (primary N) is 1. The van der Waals surface area contributed by atoms with Crippen LogP contribution in [-0.4, -0.2) is 11.9 Å². The van der Waals surface area contributed by atoms with Crippen LogP contribution in [0.3, 0.4) is 0 Å². The summed E-state index contributed by atoms with van der Waals surface area (Å²) < 4.78 is 15.5. The average molecular weight is 407 g/mol. The van der Waals surface area contributed by atoms with E-state index in [9.17, 15) is 4.79 Å². The number of primary amides is 1. The fourth-order valence-corrected chi connectivity index (χ4v) is 3.97. The zero-order chi connectivity index (χ0) is 20.5. The molecule has 0 heterocycles. The molecular weight excluding hydrogens is 375 g/mol. The third-order valence-corrected chi connectivity index (χ3v) is 5.59. The molecule has 2 rings (SSSR count). The fourth-order valence-electron chi connectivity index (χ4n) is 3.75. The molecule has 3 atom stereocenters. The molecule has 1 aliphatic rings. The first-order valence-corrected chi connectivity index (χ1v) is 10.6. The molecule has 3 nitrogen and oxygen atoms in total. The van der Waals surface area contributed by atoms with Crippen LogP contribution >= 0.6 is 11.6 Å². The van der Waals surface area contributed by atoms with E-state index in [1.165, 1.54) is 0 Å². The van der Waals surface area contributed by atoms with E-state index in [0.29, 0.717) is 22.6 Å². The molecule has 0 bridgehead atoms. The van der Waals surface area contributed by atoms with Crippen molar-refractivity contribution in [3.8, 4) is 0 Å². The van der Waals surface area contributed by atoms with Crippen molar-refractivity contribution in [1.29, 1.82) is 0 Å². The van der Waals surface area contributed by atoms with Crippen molar-refractivity contribution in [3.05, 3.63) is 58.4 Å². The van der Waals surface area contributed by atoms with Gasteiger partial charge in [-0.2, -0.15) is 0 Å². The van der Waals surface area contributed by atoms with Crippen LogP contribution in [0.25, 0.3) is 0 Å². The summed E-state index contributed by atoms with van der Waals surface area (Å²) in [5.41, 5.74) is 6.53. The first-order chi connectivity index (χ1) is 13.4. The van der Waals surface area contributed by atoms with E-state index >= 15 is 4.39 Å². The van der Waals surface area contributed by atoms with Crippen LogP contribution in [0.15, 0.2) is 36.4 Å². The Bertz CT molecular complexity index is 717. The topological polar surface area (TPSA) is 55.1 Å². The number of benzene rings is 1. The molecule has 5 heteroatoms. The normalized spacial score (nSPS) is 18.6. The molecule has 3 N–H and O–H groups in total. The van der Waals surface area contributed by atoms with Gasteiger partial charge in [0.1, 0.15) is 5.82 Å². The predicted molar refractivity (Wildman–Crippen MR) is 115 cm³/mol. The van der Waals surface area contributed by atoms with E-state index in [2.05, 4.69) is 24.4 Å². The molecule has 2 unspecified atom stereocenters. The highest BCUT2D eigenvalue weighted by Gasteiger charge is 2.23. The largest absolute Gasteiger partial charge is 0.370 e. The van der Waals surface area contributed by atoms with Crippen molar-refractivity contribution in [3.63, 3.8) is 0 Å². The number of allylic oxidation sites excluding steroid dienone is 4. The molecule has 0 saturated carbocycles. The summed E-state index contributed by atoms with van der Waals surface area (Å²) >= 11 is 6.38. The Labute approximate surface area is 173 Å². The number of unbranched alkanes of at least 4 members (excludes halogenated alkanes) is 1. The van der Waals surface area contributed by atoms with Gasteiger partial charge in [0.15, 0.2) is 0 Å². The van der Waals surface area contributed by atoms with Crippen molar-refractivity contribution in [2.24, 2.45) is 11.7 Å². The molecule has 0 fully saturated rings. The molecule has 28 heavy (non-hydrogen) atoms. The second-order valence-electron chi connectivity index (χ2n) is 7.72. The number of nitrogens with one attached hydrogen (secondary N) is 1. The van der Waals surface area contributed by atoms with Crippen LogP contribution in [0, 0.1) is 11.7 Å². The van der Waals surface area contributed by atoms with Crippen molar-refractivity contribution >= 4 is 17.5 Å². The smallest absolute Gasteiger partial charge is 0.218 e. The number of carbonyl (C=O) groups excluding carboxylic acids is 1. The number of amides is 1. The summed E-state index contributed by atoms with van der Waals surface area (Å²) in [6.45, 7) is 4.02. The quantitative estimate of drug-likeness (QED) is 0.529. The SMILES string of the molecule is CCCC[C@@H](NC(C)CC(N)=O)c1ccc(Cl)c(CC2C=CC=CCC2)c1F. The van der Waals surface area contributed by atoms with Gasteiger partial charge in [-0.25, -0.2) is 4.39 Å². The number of hydrogen-bond donors (Lipinski definition) is 2. The second-order valence-corrected chi connectivity index (χ2v) is 8.12. The maximum absolute atomic E-state index is 15.5. The van der Waals surface area contributed by atoms with Gasteiger partial charge in [0.05, 0.1) is 0 Å². The van der Waals surface area contributed by atoms with E-state index in [1.54, 1.807) is 12.1 Å². The monoisotopic (exact) mass is 406 g/mol. The summed E-state index contributed by atoms with van der Waals surface area (Å²) in [6, 6.07) is 3.29. The maximum Gasteiger partial charge on any atom is 0.218 e. The Morgan fingerprint density at radius 1 is 1.39 bits per heavy atom. The minimum absolute atomic E-state index is 0.117. The first kappa shape index (κ1) is 22.6. The van der Waals surface area contributed by atoms with E-state index in [0.717, 1.165) is 32.1 Å². The van der Waals surface area contributed by atoms with Gasteiger partial charge in [0.25, 0.3) is 0 Å². The predicted octanol–water partition coefficient (Wildman–Crippen LogP) is 5.63. The lowest BCUT2D eigenvalue weighted by Gasteiger charge is -2.25. The van der Waals surface area contributed by atoms with Crippen LogP contribution in [0.2, 0.25) is 5.02 Å². The summed E-state index contributed by atoms with van der Waals surface area (Å²) in [6.07, 6.45) is 13.9. The molecule has 0 aromatic heterocycles. The molecule has 1 aliphatic carbocycles. The van der Waals surface area contributed by atoms with E-state index in [4.69, 9.17) is 17.3 Å². The minimum atomic E-state index is -0.361. The summed E-state index contributed by atoms with van der Waals surface area (Å²) in [7, 11) is 0. The highest BCUT2D eigenvalue weighted by atomic mass is 35.5. The van der Waals surface area contributed by atoms with Gasteiger partial charge in [-0.15, -0.1) is 0 Å². The van der Waals surface area contributed by atoms with E-state index < -0.39 is 0 Å². The molecule has 0 radical (unpaired) electrons. The van der Waals surface area contributed by atoms with Gasteiger partial charge in [-0.05, 0) is 44.6 Å². The first-order valence-electron chi connectivity index (χ1n) is 10.3. The van der Waals surface area contributed by atoms with Crippen LogP contribution in [0.1, 0.15) is 69.5 Å². The number of halogens is 2. The Morgan fingerprint density at radius 3 is 2.89 bits per heavy atom. The van der Waals surface area contributed by atoms with E-state index in [1.807, 2.05) is 19.1 Å². The Balaban J connectivity index is 2.26. The van der Waals surface area contributed by atoms with Crippen molar-refractivity contribution in [2.45, 2.75) is 70.9 Å². The van der Waals surface area contributed by atoms with Crippen LogP contribution < -0.4 is 11.1 Å². The summed E-state index contributed by atoms with van der Waals surface area (Å²) in [4.78, 5) is 11.2. The van der Waals surface area contributed by atoms with Gasteiger partial charge in [-0.3, -0.25) is 4.79 Å². The molecule has 154 valence electrons. The van der Waals surface area contributed by atoms with Crippen LogP contribution in [0.4, 0.5) is 4.39 Å².